The van der Waals surface area contributed by atoms with Gasteiger partial charge in [0, 0.05) is 24.2 Å². The first-order valence-corrected chi connectivity index (χ1v) is 7.56. The largest absolute Gasteiger partial charge is 0.480 e. The van der Waals surface area contributed by atoms with Crippen molar-refractivity contribution in [2.45, 2.75) is 44.2 Å². The summed E-state index contributed by atoms with van der Waals surface area (Å²) in [6.07, 6.45) is 2.18. The van der Waals surface area contributed by atoms with Crippen molar-refractivity contribution in [1.29, 1.82) is 0 Å². The van der Waals surface area contributed by atoms with E-state index in [-0.39, 0.29) is 5.82 Å². The average Bonchev–Trinajstić information content (AvgIpc) is 3.23. The van der Waals surface area contributed by atoms with Crippen LogP contribution in [-0.2, 0) is 4.79 Å². The van der Waals surface area contributed by atoms with Crippen LogP contribution in [0.2, 0.25) is 0 Å². The Labute approximate surface area is 130 Å². The lowest BCUT2D eigenvalue weighted by Crippen LogP contribution is -2.32. The van der Waals surface area contributed by atoms with Crippen LogP contribution in [0.4, 0.5) is 4.39 Å². The molecule has 0 aromatic heterocycles. The third-order valence-corrected chi connectivity index (χ3v) is 4.18. The van der Waals surface area contributed by atoms with Gasteiger partial charge >= 0.3 is 5.97 Å². The Morgan fingerprint density at radius 3 is 2.68 bits per heavy atom. The summed E-state index contributed by atoms with van der Waals surface area (Å²) in [5, 5.41) is 8.80. The Morgan fingerprint density at radius 1 is 1.50 bits per heavy atom. The molecule has 1 unspecified atom stereocenters. The van der Waals surface area contributed by atoms with Gasteiger partial charge in [0.05, 0.1) is 0 Å². The van der Waals surface area contributed by atoms with E-state index in [9.17, 15) is 9.18 Å². The molecule has 0 radical (unpaired) electrons. The van der Waals surface area contributed by atoms with E-state index in [0.29, 0.717) is 24.8 Å². The molecule has 1 aliphatic carbocycles. The molecule has 0 aliphatic heterocycles. The number of nitrogens with zero attached hydrogens (tertiary/aromatic N) is 1. The first-order chi connectivity index (χ1) is 10.4. The van der Waals surface area contributed by atoms with Crippen molar-refractivity contribution in [3.05, 3.63) is 47.9 Å². The normalized spacial score (nSPS) is 21.2. The molecule has 3 N–H and O–H groups in total. The van der Waals surface area contributed by atoms with E-state index >= 15 is 0 Å². The molecule has 3 atom stereocenters. The van der Waals surface area contributed by atoms with Gasteiger partial charge < -0.3 is 15.7 Å². The second-order valence-corrected chi connectivity index (χ2v) is 5.98. The van der Waals surface area contributed by atoms with Crippen molar-refractivity contribution in [1.82, 2.24) is 4.90 Å². The van der Waals surface area contributed by atoms with E-state index in [0.717, 1.165) is 24.2 Å². The molecule has 0 heterocycles. The van der Waals surface area contributed by atoms with Crippen molar-refractivity contribution in [2.75, 3.05) is 6.54 Å². The molecule has 120 valence electrons. The Morgan fingerprint density at radius 2 is 2.14 bits per heavy atom. The van der Waals surface area contributed by atoms with Crippen LogP contribution in [0, 0.1) is 5.82 Å². The minimum atomic E-state index is -0.961. The van der Waals surface area contributed by atoms with Crippen LogP contribution in [0.15, 0.2) is 36.5 Å². The smallest absolute Gasteiger partial charge is 0.320 e. The number of hydrogen-bond donors (Lipinski definition) is 2. The van der Waals surface area contributed by atoms with Gasteiger partial charge in [-0.05, 0) is 43.9 Å². The zero-order valence-electron chi connectivity index (χ0n) is 12.8. The number of rotatable bonds is 8. The van der Waals surface area contributed by atoms with Crippen LogP contribution in [0.3, 0.4) is 0 Å². The van der Waals surface area contributed by atoms with Crippen LogP contribution in [0.5, 0.6) is 0 Å². The second kappa shape index (κ2) is 6.92. The Balaban J connectivity index is 1.89. The van der Waals surface area contributed by atoms with Crippen molar-refractivity contribution in [2.24, 2.45) is 5.73 Å². The number of allylic oxidation sites excluding steroid dienone is 1. The molecule has 1 saturated carbocycles. The zero-order valence-corrected chi connectivity index (χ0v) is 12.8. The summed E-state index contributed by atoms with van der Waals surface area (Å²) in [4.78, 5) is 12.9. The van der Waals surface area contributed by atoms with Crippen LogP contribution < -0.4 is 5.73 Å². The predicted molar refractivity (Wildman–Crippen MR) is 83.9 cm³/mol. The van der Waals surface area contributed by atoms with Gasteiger partial charge in [0.2, 0.25) is 0 Å². The highest BCUT2D eigenvalue weighted by molar-refractivity contribution is 5.72. The molecule has 2 rings (SSSR count). The van der Waals surface area contributed by atoms with Gasteiger partial charge in [-0.25, -0.2) is 4.39 Å². The minimum absolute atomic E-state index is 0.222. The third kappa shape index (κ3) is 4.07. The summed E-state index contributed by atoms with van der Waals surface area (Å²) >= 11 is 0. The van der Waals surface area contributed by atoms with Crippen molar-refractivity contribution in [3.63, 3.8) is 0 Å². The molecular formula is C17H23FN2O2. The van der Waals surface area contributed by atoms with E-state index in [1.165, 1.54) is 12.1 Å². The summed E-state index contributed by atoms with van der Waals surface area (Å²) in [5.74, 6) is -0.789. The quantitative estimate of drug-likeness (QED) is 0.775. The van der Waals surface area contributed by atoms with Gasteiger partial charge in [-0.1, -0.05) is 18.7 Å². The highest BCUT2D eigenvalue weighted by Crippen LogP contribution is 2.45. The first-order valence-electron chi connectivity index (χ1n) is 7.56. The molecule has 1 fully saturated rings. The molecule has 1 aliphatic rings. The van der Waals surface area contributed by atoms with Crippen LogP contribution >= 0.6 is 0 Å². The molecule has 4 nitrogen and oxygen atoms in total. The maximum absolute atomic E-state index is 13.0. The van der Waals surface area contributed by atoms with E-state index in [1.54, 1.807) is 0 Å². The van der Waals surface area contributed by atoms with E-state index < -0.39 is 12.0 Å². The standard InChI is InChI=1S/C17H23FN2O2/c1-11(2)20(9-3-4-15(19)17(21)22)16-10-14(16)12-5-7-13(18)8-6-12/h5-8,14-16H,1,3-4,9-10,19H2,2H3,(H,21,22)/t14-,15?,16+/m0/s1. The highest BCUT2D eigenvalue weighted by Gasteiger charge is 2.42. The molecule has 0 saturated heterocycles. The summed E-state index contributed by atoms with van der Waals surface area (Å²) in [6.45, 7) is 6.71. The van der Waals surface area contributed by atoms with Gasteiger partial charge in [-0.15, -0.1) is 0 Å². The molecule has 0 amide bonds. The van der Waals surface area contributed by atoms with Crippen molar-refractivity contribution >= 4 is 5.97 Å². The maximum atomic E-state index is 13.0. The first kappa shape index (κ1) is 16.5. The lowest BCUT2D eigenvalue weighted by atomic mass is 10.1. The Bertz CT molecular complexity index is 544. The van der Waals surface area contributed by atoms with E-state index in [1.807, 2.05) is 19.1 Å². The van der Waals surface area contributed by atoms with Gasteiger partial charge in [-0.2, -0.15) is 0 Å². The fourth-order valence-corrected chi connectivity index (χ4v) is 2.84. The number of nitrogens with two attached hydrogens (primary N) is 1. The van der Waals surface area contributed by atoms with Gasteiger partial charge in [-0.3, -0.25) is 4.79 Å². The lowest BCUT2D eigenvalue weighted by molar-refractivity contribution is -0.138. The number of halogens is 1. The number of carboxylic acids is 1. The molecular weight excluding hydrogens is 283 g/mol. The topological polar surface area (TPSA) is 66.6 Å². The molecule has 1 aromatic carbocycles. The maximum Gasteiger partial charge on any atom is 0.320 e. The summed E-state index contributed by atoms with van der Waals surface area (Å²) in [5.41, 5.74) is 7.64. The van der Waals surface area contributed by atoms with E-state index in [2.05, 4.69) is 11.5 Å². The number of carboxylic acid groups (broad SMARTS) is 1. The summed E-state index contributed by atoms with van der Waals surface area (Å²) < 4.78 is 13.0. The molecule has 22 heavy (non-hydrogen) atoms. The van der Waals surface area contributed by atoms with E-state index in [4.69, 9.17) is 10.8 Å². The molecule has 0 bridgehead atoms. The van der Waals surface area contributed by atoms with Crippen LogP contribution in [0.1, 0.15) is 37.7 Å². The van der Waals surface area contributed by atoms with Crippen LogP contribution in [0.25, 0.3) is 0 Å². The number of carbonyl (C=O) groups is 1. The van der Waals surface area contributed by atoms with Crippen LogP contribution in [-0.4, -0.2) is 34.6 Å². The summed E-state index contributed by atoms with van der Waals surface area (Å²) in [7, 11) is 0. The SMILES string of the molecule is C=C(C)N(CCCC(N)C(=O)O)[C@@H]1C[C@H]1c1ccc(F)cc1. The summed E-state index contributed by atoms with van der Waals surface area (Å²) in [6, 6.07) is 6.19. The Kier molecular flexibility index (Phi) is 5.19. The van der Waals surface area contributed by atoms with Crippen molar-refractivity contribution < 1.29 is 14.3 Å². The molecule has 1 aromatic rings. The second-order valence-electron chi connectivity index (χ2n) is 5.98. The monoisotopic (exact) mass is 306 g/mol. The minimum Gasteiger partial charge on any atom is -0.480 e. The fraction of sp³-hybridized carbons (Fsp3) is 0.471. The Hall–Kier alpha value is -1.88. The van der Waals surface area contributed by atoms with Gasteiger partial charge in [0.1, 0.15) is 11.9 Å². The number of aliphatic carboxylic acids is 1. The number of benzene rings is 1. The van der Waals surface area contributed by atoms with Gasteiger partial charge in [0.15, 0.2) is 0 Å². The highest BCUT2D eigenvalue weighted by atomic mass is 19.1. The molecule has 0 spiro atoms. The average molecular weight is 306 g/mol. The zero-order chi connectivity index (χ0) is 16.3. The fourth-order valence-electron chi connectivity index (χ4n) is 2.84. The van der Waals surface area contributed by atoms with Crippen molar-refractivity contribution in [3.8, 4) is 0 Å². The third-order valence-electron chi connectivity index (χ3n) is 4.18. The number of hydrogen-bond acceptors (Lipinski definition) is 3. The van der Waals surface area contributed by atoms with Gasteiger partial charge in [0.25, 0.3) is 0 Å². The predicted octanol–water partition coefficient (Wildman–Crippen LogP) is 2.71. The lowest BCUT2D eigenvalue weighted by Gasteiger charge is -2.26. The molecule has 5 heteroatoms.